The van der Waals surface area contributed by atoms with Crippen LogP contribution in [0.2, 0.25) is 0 Å². The van der Waals surface area contributed by atoms with Crippen molar-refractivity contribution in [3.05, 3.63) is 60.7 Å². The van der Waals surface area contributed by atoms with Gasteiger partial charge in [-0.05, 0) is 30.9 Å². The quantitative estimate of drug-likeness (QED) is 0.218. The Hall–Kier alpha value is -0.880. The van der Waals surface area contributed by atoms with Crippen LogP contribution in [-0.4, -0.2) is 22.9 Å². The minimum atomic E-state index is -0.513. The molecular formula is C18H21Cl3N2O2S. The largest absolute Gasteiger partial charge is 0.361 e. The van der Waals surface area contributed by atoms with Crippen molar-refractivity contribution in [2.75, 3.05) is 7.05 Å². The van der Waals surface area contributed by atoms with E-state index in [2.05, 4.69) is 6.92 Å². The van der Waals surface area contributed by atoms with E-state index < -0.39 is 4.92 Å². The van der Waals surface area contributed by atoms with Crippen molar-refractivity contribution >= 4 is 46.6 Å². The highest BCUT2D eigenvalue weighted by Gasteiger charge is 2.32. The van der Waals surface area contributed by atoms with Gasteiger partial charge in [-0.2, -0.15) is 0 Å². The zero-order valence-electron chi connectivity index (χ0n) is 14.6. The van der Waals surface area contributed by atoms with Crippen LogP contribution in [0.4, 0.5) is 0 Å². The molecule has 0 amide bonds. The summed E-state index contributed by atoms with van der Waals surface area (Å²) in [5, 5.41) is 12.0. The zero-order chi connectivity index (χ0) is 19.3. The molecule has 1 aliphatic rings. The van der Waals surface area contributed by atoms with Crippen molar-refractivity contribution in [1.82, 2.24) is 4.90 Å². The average Bonchev–Trinajstić information content (AvgIpc) is 2.61. The van der Waals surface area contributed by atoms with Crippen molar-refractivity contribution in [1.29, 1.82) is 0 Å². The first-order chi connectivity index (χ1) is 12.3. The summed E-state index contributed by atoms with van der Waals surface area (Å²) in [4.78, 5) is 14.1. The van der Waals surface area contributed by atoms with Crippen molar-refractivity contribution < 1.29 is 4.92 Å². The fourth-order valence-corrected chi connectivity index (χ4v) is 4.63. The van der Waals surface area contributed by atoms with Crippen molar-refractivity contribution in [2.45, 2.75) is 43.5 Å². The first kappa shape index (κ1) is 21.4. The van der Waals surface area contributed by atoms with Crippen LogP contribution in [-0.2, 0) is 0 Å². The van der Waals surface area contributed by atoms with Crippen LogP contribution in [0, 0.1) is 16.0 Å². The van der Waals surface area contributed by atoms with Gasteiger partial charge in [-0.25, -0.2) is 0 Å². The number of hydrogen-bond donors (Lipinski definition) is 0. The summed E-state index contributed by atoms with van der Waals surface area (Å²) in [6.07, 6.45) is 4.26. The SMILES string of the molecule is CC1CCCC(N(C)C(Sc2ccccc2)=C(C(Cl)=C(Cl)Cl)[N+](=O)[O-])C1. The average molecular weight is 436 g/mol. The lowest BCUT2D eigenvalue weighted by Crippen LogP contribution is -2.35. The molecule has 0 bridgehead atoms. The first-order valence-electron chi connectivity index (χ1n) is 8.36. The zero-order valence-corrected chi connectivity index (χ0v) is 17.7. The van der Waals surface area contributed by atoms with Gasteiger partial charge >= 0.3 is 5.70 Å². The molecule has 1 aromatic carbocycles. The molecule has 0 heterocycles. The second kappa shape index (κ2) is 9.88. The van der Waals surface area contributed by atoms with Gasteiger partial charge in [0, 0.05) is 18.0 Å². The van der Waals surface area contributed by atoms with Gasteiger partial charge in [-0.3, -0.25) is 10.1 Å². The first-order valence-corrected chi connectivity index (χ1v) is 10.3. The molecule has 0 radical (unpaired) electrons. The molecule has 26 heavy (non-hydrogen) atoms. The number of allylic oxidation sites excluding steroid dienone is 1. The lowest BCUT2D eigenvalue weighted by atomic mass is 9.86. The molecule has 1 fully saturated rings. The van der Waals surface area contributed by atoms with E-state index in [0.29, 0.717) is 10.9 Å². The summed E-state index contributed by atoms with van der Waals surface area (Å²) in [7, 11) is 1.88. The minimum Gasteiger partial charge on any atom is -0.361 e. The lowest BCUT2D eigenvalue weighted by molar-refractivity contribution is -0.421. The Morgan fingerprint density at radius 2 is 1.88 bits per heavy atom. The number of hydrogen-bond acceptors (Lipinski definition) is 4. The van der Waals surface area contributed by atoms with Crippen LogP contribution in [0.25, 0.3) is 0 Å². The molecular weight excluding hydrogens is 415 g/mol. The Kier molecular flexibility index (Phi) is 8.14. The summed E-state index contributed by atoms with van der Waals surface area (Å²) in [5.41, 5.74) is -0.263. The summed E-state index contributed by atoms with van der Waals surface area (Å²) >= 11 is 19.0. The van der Waals surface area contributed by atoms with Crippen LogP contribution >= 0.6 is 46.6 Å². The monoisotopic (exact) mass is 434 g/mol. The molecule has 4 nitrogen and oxygen atoms in total. The standard InChI is InChI=1S/C18H21Cl3N2O2S/c1-12-7-6-8-13(11-12)22(2)18(26-14-9-4-3-5-10-14)16(23(24)25)15(19)17(20)21/h3-5,9-10,12-13H,6-8,11H2,1-2H3. The van der Waals surface area contributed by atoms with E-state index in [-0.39, 0.29) is 21.3 Å². The van der Waals surface area contributed by atoms with Gasteiger partial charge in [0.15, 0.2) is 10.1 Å². The van der Waals surface area contributed by atoms with E-state index in [9.17, 15) is 10.1 Å². The van der Waals surface area contributed by atoms with Crippen molar-refractivity contribution in [2.24, 2.45) is 5.92 Å². The van der Waals surface area contributed by atoms with Gasteiger partial charge in [0.05, 0.1) is 4.92 Å². The molecule has 0 aliphatic heterocycles. The molecule has 0 spiro atoms. The molecule has 142 valence electrons. The Morgan fingerprint density at radius 1 is 1.23 bits per heavy atom. The number of benzene rings is 1. The predicted octanol–water partition coefficient (Wildman–Crippen LogP) is 6.62. The van der Waals surface area contributed by atoms with Gasteiger partial charge in [0.1, 0.15) is 4.49 Å². The van der Waals surface area contributed by atoms with Gasteiger partial charge in [0.2, 0.25) is 0 Å². The normalized spacial score (nSPS) is 21.0. The molecule has 1 saturated carbocycles. The van der Waals surface area contributed by atoms with E-state index in [1.165, 1.54) is 18.2 Å². The number of thioether (sulfide) groups is 1. The Bertz CT molecular complexity index is 706. The van der Waals surface area contributed by atoms with Crippen LogP contribution in [0.15, 0.2) is 55.5 Å². The van der Waals surface area contributed by atoms with E-state index in [4.69, 9.17) is 34.8 Å². The molecule has 2 unspecified atom stereocenters. The molecule has 1 aliphatic carbocycles. The van der Waals surface area contributed by atoms with Crippen LogP contribution in [0.5, 0.6) is 0 Å². The lowest BCUT2D eigenvalue weighted by Gasteiger charge is -2.36. The van der Waals surface area contributed by atoms with E-state index >= 15 is 0 Å². The highest BCUT2D eigenvalue weighted by atomic mass is 35.5. The third-order valence-corrected chi connectivity index (χ3v) is 6.62. The minimum absolute atomic E-state index is 0.207. The molecule has 8 heteroatoms. The Morgan fingerprint density at radius 3 is 2.42 bits per heavy atom. The third kappa shape index (κ3) is 5.56. The second-order valence-corrected chi connectivity index (χ2v) is 8.83. The fourth-order valence-electron chi connectivity index (χ4n) is 3.15. The summed E-state index contributed by atoms with van der Waals surface area (Å²) in [6, 6.07) is 9.69. The Labute approximate surface area is 173 Å². The Balaban J connectivity index is 2.51. The second-order valence-electron chi connectivity index (χ2n) is 6.44. The number of nitrogens with zero attached hydrogens (tertiary/aromatic N) is 2. The van der Waals surface area contributed by atoms with Gasteiger partial charge < -0.3 is 4.90 Å². The maximum Gasteiger partial charge on any atom is 0.320 e. The number of halogens is 3. The summed E-state index contributed by atoms with van der Waals surface area (Å²) in [5.74, 6) is 0.584. The topological polar surface area (TPSA) is 46.4 Å². The molecule has 0 aromatic heterocycles. The van der Waals surface area contributed by atoms with E-state index in [1.54, 1.807) is 0 Å². The molecule has 1 aromatic rings. The van der Waals surface area contributed by atoms with E-state index in [0.717, 1.165) is 24.2 Å². The van der Waals surface area contributed by atoms with Crippen LogP contribution < -0.4 is 0 Å². The summed E-state index contributed by atoms with van der Waals surface area (Å²) < 4.78 is -0.310. The maximum atomic E-state index is 11.8. The number of rotatable bonds is 6. The van der Waals surface area contributed by atoms with Crippen molar-refractivity contribution in [3.63, 3.8) is 0 Å². The van der Waals surface area contributed by atoms with Crippen molar-refractivity contribution in [3.8, 4) is 0 Å². The third-order valence-electron chi connectivity index (χ3n) is 4.49. The molecule has 2 rings (SSSR count). The fraction of sp³-hybridized carbons (Fsp3) is 0.444. The maximum absolute atomic E-state index is 11.8. The van der Waals surface area contributed by atoms with Crippen LogP contribution in [0.3, 0.4) is 0 Å². The highest BCUT2D eigenvalue weighted by Crippen LogP contribution is 2.40. The van der Waals surface area contributed by atoms with Gasteiger partial charge in [-0.1, -0.05) is 84.5 Å². The summed E-state index contributed by atoms with van der Waals surface area (Å²) in [6.45, 7) is 2.21. The number of nitro groups is 1. The van der Waals surface area contributed by atoms with Gasteiger partial charge in [0.25, 0.3) is 0 Å². The molecule has 0 saturated heterocycles. The molecule has 2 atom stereocenters. The van der Waals surface area contributed by atoms with Crippen LogP contribution in [0.1, 0.15) is 32.6 Å². The molecule has 0 N–H and O–H groups in total. The predicted molar refractivity (Wildman–Crippen MR) is 110 cm³/mol. The smallest absolute Gasteiger partial charge is 0.320 e. The van der Waals surface area contributed by atoms with Gasteiger partial charge in [-0.15, -0.1) is 0 Å². The van der Waals surface area contributed by atoms with E-state index in [1.807, 2.05) is 42.3 Å². The highest BCUT2D eigenvalue weighted by molar-refractivity contribution is 8.03.